The molecule has 0 atom stereocenters. The highest BCUT2D eigenvalue weighted by atomic mass is 19.4. The number of rotatable bonds is 3. The van der Waals surface area contributed by atoms with Gasteiger partial charge in [-0.2, -0.15) is 13.2 Å². The Hall–Kier alpha value is -4.12. The summed E-state index contributed by atoms with van der Waals surface area (Å²) in [6.45, 7) is 0. The molecule has 1 N–H and O–H groups in total. The Morgan fingerprint density at radius 2 is 1.21 bits per heavy atom. The zero-order chi connectivity index (χ0) is 23.0. The van der Waals surface area contributed by atoms with Crippen LogP contribution in [0.5, 0.6) is 0 Å². The predicted octanol–water partition coefficient (Wildman–Crippen LogP) is 7.93. The molecule has 0 fully saturated rings. The highest BCUT2D eigenvalue weighted by molar-refractivity contribution is 6.22. The Morgan fingerprint density at radius 3 is 1.85 bits per heavy atom. The summed E-state index contributed by atoms with van der Waals surface area (Å²) in [7, 11) is 0. The van der Waals surface area contributed by atoms with Gasteiger partial charge in [-0.15, -0.1) is 0 Å². The number of carbonyl (C=O) groups is 1. The van der Waals surface area contributed by atoms with Crippen molar-refractivity contribution in [1.29, 1.82) is 0 Å². The van der Waals surface area contributed by atoms with Crippen molar-refractivity contribution >= 4 is 33.1 Å². The first-order valence-electron chi connectivity index (χ1n) is 10.4. The zero-order valence-electron chi connectivity index (χ0n) is 17.4. The van der Waals surface area contributed by atoms with Crippen LogP contribution in [0.25, 0.3) is 32.7 Å². The Balaban J connectivity index is 1.54. The van der Waals surface area contributed by atoms with Gasteiger partial charge in [-0.25, -0.2) is 0 Å². The second kappa shape index (κ2) is 8.10. The lowest BCUT2D eigenvalue weighted by molar-refractivity contribution is -0.137. The van der Waals surface area contributed by atoms with E-state index < -0.39 is 11.7 Å². The highest BCUT2D eigenvalue weighted by Gasteiger charge is 2.30. The van der Waals surface area contributed by atoms with Crippen molar-refractivity contribution in [3.63, 3.8) is 0 Å². The van der Waals surface area contributed by atoms with E-state index in [1.165, 1.54) is 6.07 Å². The topological polar surface area (TPSA) is 29.1 Å². The van der Waals surface area contributed by atoms with Gasteiger partial charge in [0.05, 0.1) is 11.1 Å². The largest absolute Gasteiger partial charge is 0.416 e. The first kappa shape index (κ1) is 20.8. The summed E-state index contributed by atoms with van der Waals surface area (Å²) in [5.41, 5.74) is 1.37. The summed E-state index contributed by atoms with van der Waals surface area (Å²) < 4.78 is 39.4. The predicted molar refractivity (Wildman–Crippen MR) is 126 cm³/mol. The van der Waals surface area contributed by atoms with E-state index >= 15 is 0 Å². The molecule has 0 saturated heterocycles. The number of hydrogen-bond donors (Lipinski definition) is 1. The van der Waals surface area contributed by atoms with Crippen molar-refractivity contribution in [2.75, 3.05) is 5.32 Å². The standard InChI is InChI=1S/C28H18F3NO/c29-28(30,31)22-11-5-9-18(16-22)19-10-6-12-23(17-19)32-27(33)26-24-13-3-1-7-20(24)15-21-8-2-4-14-25(21)26/h1-17H,(H,32,33). The van der Waals surface area contributed by atoms with Crippen LogP contribution in [0.1, 0.15) is 15.9 Å². The van der Waals surface area contributed by atoms with Crippen molar-refractivity contribution in [3.8, 4) is 11.1 Å². The van der Waals surface area contributed by atoms with Crippen LogP contribution in [0.2, 0.25) is 0 Å². The summed E-state index contributed by atoms with van der Waals surface area (Å²) in [5, 5.41) is 6.52. The molecule has 2 nitrogen and oxygen atoms in total. The van der Waals surface area contributed by atoms with Crippen molar-refractivity contribution < 1.29 is 18.0 Å². The van der Waals surface area contributed by atoms with Gasteiger partial charge in [0.25, 0.3) is 5.91 Å². The van der Waals surface area contributed by atoms with Gasteiger partial charge in [0, 0.05) is 5.69 Å². The van der Waals surface area contributed by atoms with Gasteiger partial charge in [0.2, 0.25) is 0 Å². The van der Waals surface area contributed by atoms with E-state index in [1.54, 1.807) is 30.3 Å². The van der Waals surface area contributed by atoms with E-state index in [2.05, 4.69) is 11.4 Å². The van der Waals surface area contributed by atoms with Gasteiger partial charge in [-0.3, -0.25) is 4.79 Å². The molecule has 0 bridgehead atoms. The fourth-order valence-electron chi connectivity index (χ4n) is 4.10. The van der Waals surface area contributed by atoms with Crippen LogP contribution in [0.3, 0.4) is 0 Å². The molecule has 0 spiro atoms. The minimum absolute atomic E-state index is 0.274. The summed E-state index contributed by atoms with van der Waals surface area (Å²) in [4.78, 5) is 13.4. The quantitative estimate of drug-likeness (QED) is 0.283. The van der Waals surface area contributed by atoms with Crippen molar-refractivity contribution in [3.05, 3.63) is 114 Å². The van der Waals surface area contributed by atoms with Gasteiger partial charge in [0.1, 0.15) is 0 Å². The fourth-order valence-corrected chi connectivity index (χ4v) is 4.10. The van der Waals surface area contributed by atoms with Crippen LogP contribution in [-0.4, -0.2) is 5.91 Å². The smallest absolute Gasteiger partial charge is 0.322 e. The van der Waals surface area contributed by atoms with Crippen LogP contribution in [-0.2, 0) is 6.18 Å². The number of alkyl halides is 3. The van der Waals surface area contributed by atoms with Gasteiger partial charge < -0.3 is 5.32 Å². The van der Waals surface area contributed by atoms with Crippen molar-refractivity contribution in [1.82, 2.24) is 0 Å². The van der Waals surface area contributed by atoms with Crippen LogP contribution in [0.4, 0.5) is 18.9 Å². The SMILES string of the molecule is O=C(Nc1cccc(-c2cccc(C(F)(F)F)c2)c1)c1c2ccccc2cc2ccccc12. The van der Waals surface area contributed by atoms with E-state index in [4.69, 9.17) is 0 Å². The Labute approximate surface area is 188 Å². The maximum atomic E-state index is 13.4. The number of hydrogen-bond acceptors (Lipinski definition) is 1. The zero-order valence-corrected chi connectivity index (χ0v) is 17.4. The molecule has 0 aliphatic heterocycles. The molecule has 1 amide bonds. The molecule has 0 aromatic heterocycles. The molecule has 33 heavy (non-hydrogen) atoms. The van der Waals surface area contributed by atoms with E-state index in [-0.39, 0.29) is 5.91 Å². The minimum Gasteiger partial charge on any atom is -0.322 e. The average Bonchev–Trinajstić information content (AvgIpc) is 2.82. The Morgan fingerprint density at radius 1 is 0.636 bits per heavy atom. The second-order valence-corrected chi connectivity index (χ2v) is 7.81. The second-order valence-electron chi connectivity index (χ2n) is 7.81. The van der Waals surface area contributed by atoms with Crippen molar-refractivity contribution in [2.45, 2.75) is 6.18 Å². The summed E-state index contributed by atoms with van der Waals surface area (Å²) in [6.07, 6.45) is -4.42. The van der Waals surface area contributed by atoms with E-state index in [1.807, 2.05) is 48.5 Å². The van der Waals surface area contributed by atoms with Gasteiger partial charge >= 0.3 is 6.18 Å². The molecule has 0 aliphatic carbocycles. The van der Waals surface area contributed by atoms with Gasteiger partial charge in [-0.1, -0.05) is 72.8 Å². The van der Waals surface area contributed by atoms with Gasteiger partial charge in [0.15, 0.2) is 0 Å². The number of anilines is 1. The summed E-state index contributed by atoms with van der Waals surface area (Å²) in [5.74, 6) is -0.274. The lowest BCUT2D eigenvalue weighted by Crippen LogP contribution is -2.13. The van der Waals surface area contributed by atoms with Gasteiger partial charge in [-0.05, 0) is 63.0 Å². The first-order valence-corrected chi connectivity index (χ1v) is 10.4. The maximum Gasteiger partial charge on any atom is 0.416 e. The molecular formula is C28H18F3NO. The molecule has 0 heterocycles. The number of amides is 1. The van der Waals surface area contributed by atoms with Crippen LogP contribution in [0, 0.1) is 0 Å². The first-order chi connectivity index (χ1) is 15.9. The molecule has 5 aromatic rings. The van der Waals surface area contributed by atoms with Crippen LogP contribution < -0.4 is 5.32 Å². The fraction of sp³-hybridized carbons (Fsp3) is 0.0357. The molecule has 162 valence electrons. The number of nitrogens with one attached hydrogen (secondary N) is 1. The highest BCUT2D eigenvalue weighted by Crippen LogP contribution is 2.33. The molecular weight excluding hydrogens is 423 g/mol. The Kier molecular flexibility index (Phi) is 5.09. The molecule has 5 aromatic carbocycles. The normalized spacial score (nSPS) is 11.6. The monoisotopic (exact) mass is 441 g/mol. The third-order valence-electron chi connectivity index (χ3n) is 5.64. The lowest BCUT2D eigenvalue weighted by atomic mass is 9.96. The number of carbonyl (C=O) groups excluding carboxylic acids is 1. The molecule has 0 radical (unpaired) electrons. The van der Waals surface area contributed by atoms with Crippen molar-refractivity contribution in [2.24, 2.45) is 0 Å². The molecule has 0 saturated carbocycles. The van der Waals surface area contributed by atoms with Crippen LogP contribution in [0.15, 0.2) is 103 Å². The molecule has 0 aliphatic rings. The van der Waals surface area contributed by atoms with E-state index in [9.17, 15) is 18.0 Å². The number of benzene rings is 5. The van der Waals surface area contributed by atoms with E-state index in [0.717, 1.165) is 33.7 Å². The summed E-state index contributed by atoms with van der Waals surface area (Å²) >= 11 is 0. The molecule has 0 unspecified atom stereocenters. The summed E-state index contributed by atoms with van der Waals surface area (Å²) in [6, 6.07) is 29.4. The maximum absolute atomic E-state index is 13.4. The Bertz CT molecular complexity index is 1450. The lowest BCUT2D eigenvalue weighted by Gasteiger charge is -2.13. The molecule has 5 heteroatoms. The number of halogens is 3. The van der Waals surface area contributed by atoms with E-state index in [0.29, 0.717) is 22.4 Å². The average molecular weight is 441 g/mol. The number of fused-ring (bicyclic) bond motifs is 2. The molecule has 5 rings (SSSR count). The minimum atomic E-state index is -4.42. The van der Waals surface area contributed by atoms with Crippen LogP contribution >= 0.6 is 0 Å². The third-order valence-corrected chi connectivity index (χ3v) is 5.64. The third kappa shape index (κ3) is 4.05.